The molecular formula is C51H56Cl2N10O5S. The van der Waals surface area contributed by atoms with Crippen LogP contribution in [0.15, 0.2) is 78.0 Å². The number of halogens is 2. The lowest BCUT2D eigenvalue weighted by Gasteiger charge is -2.13. The van der Waals surface area contributed by atoms with Gasteiger partial charge in [-0.25, -0.2) is 4.79 Å². The molecule has 1 aliphatic heterocycles. The number of fused-ring (bicyclic) bond motifs is 4. The van der Waals surface area contributed by atoms with E-state index in [1.165, 1.54) is 23.9 Å². The van der Waals surface area contributed by atoms with Crippen LogP contribution >= 0.6 is 34.5 Å². The molecule has 0 bridgehead atoms. The Labute approximate surface area is 414 Å². The van der Waals surface area contributed by atoms with Crippen molar-refractivity contribution in [3.63, 3.8) is 0 Å². The summed E-state index contributed by atoms with van der Waals surface area (Å²) < 4.78 is 9.71. The molecule has 3 aromatic carbocycles. The Kier molecular flexibility index (Phi) is 16.2. The zero-order valence-corrected chi connectivity index (χ0v) is 41.3. The summed E-state index contributed by atoms with van der Waals surface area (Å²) in [5.41, 5.74) is 7.02. The Balaban J connectivity index is 0.668. The largest absolute Gasteiger partial charge is 0.492 e. The molecule has 0 saturated carbocycles. The van der Waals surface area contributed by atoms with Gasteiger partial charge in [0.1, 0.15) is 34.9 Å². The molecule has 0 spiro atoms. The number of carbonyl (C=O) groups excluding carboxylic acids is 2. The van der Waals surface area contributed by atoms with E-state index in [9.17, 15) is 19.5 Å². The van der Waals surface area contributed by atoms with Crippen molar-refractivity contribution in [2.45, 2.75) is 111 Å². The van der Waals surface area contributed by atoms with Crippen LogP contribution in [0.5, 0.6) is 5.75 Å². The van der Waals surface area contributed by atoms with Crippen molar-refractivity contribution in [1.82, 2.24) is 45.4 Å². The molecule has 69 heavy (non-hydrogen) atoms. The van der Waals surface area contributed by atoms with Crippen LogP contribution in [0.1, 0.15) is 126 Å². The number of aromatic amines is 1. The fourth-order valence-corrected chi connectivity index (χ4v) is 10.2. The van der Waals surface area contributed by atoms with Crippen LogP contribution in [0.2, 0.25) is 10.0 Å². The van der Waals surface area contributed by atoms with Gasteiger partial charge in [0.15, 0.2) is 5.82 Å². The van der Waals surface area contributed by atoms with E-state index in [1.807, 2.05) is 70.9 Å². The van der Waals surface area contributed by atoms with Crippen molar-refractivity contribution in [1.29, 1.82) is 0 Å². The Morgan fingerprint density at radius 2 is 1.55 bits per heavy atom. The molecule has 1 atom stereocenters. The topological polar surface area (TPSA) is 194 Å². The average Bonchev–Trinajstić information content (AvgIpc) is 4.12. The van der Waals surface area contributed by atoms with Gasteiger partial charge in [-0.15, -0.1) is 26.6 Å². The first-order chi connectivity index (χ1) is 33.4. The lowest BCUT2D eigenvalue weighted by atomic mass is 9.99. The molecule has 18 heteroatoms. The molecule has 8 rings (SSSR count). The number of H-pyrrole nitrogens is 1. The lowest BCUT2D eigenvalue weighted by Crippen LogP contribution is -2.27. The minimum absolute atomic E-state index is 0.0312. The highest BCUT2D eigenvalue weighted by atomic mass is 35.5. The molecule has 0 fully saturated rings. The molecule has 0 saturated heterocycles. The van der Waals surface area contributed by atoms with Crippen LogP contribution in [-0.4, -0.2) is 76.5 Å². The molecule has 15 nitrogen and oxygen atoms in total. The number of aryl methyl sites for hydroxylation is 3. The van der Waals surface area contributed by atoms with E-state index < -0.39 is 12.0 Å². The summed E-state index contributed by atoms with van der Waals surface area (Å²) in [6.45, 7) is 7.93. The van der Waals surface area contributed by atoms with E-state index >= 15 is 0 Å². The lowest BCUT2D eigenvalue weighted by molar-refractivity contribution is -0.122. The molecule has 7 aromatic rings. The standard InChI is InChI=1S/C51H56Cl2N10O5S/c1-31-32(2)69-50-47(31)48(35-14-18-36(52)19-15-35)57-44(49-60-58-33(3)63(49)50)27-46(65)56-28-37-30-62(61-59-37)23-12-10-8-6-4-5-7-9-11-13-45(64)54-22-24-68-38-20-16-34(17-21-38)39-25-40-41(51(66)67)29-55-43(40)26-42(39)53/h14-21,25-26,29-30,44,55H,4-13,22-24,27-28H2,1-3H3,(H,54,64)(H,56,65)(H,66,67)/t44-/m0/s1. The van der Waals surface area contributed by atoms with Crippen molar-refractivity contribution in [2.24, 2.45) is 4.99 Å². The minimum Gasteiger partial charge on any atom is -0.492 e. The number of nitrogens with one attached hydrogen (secondary N) is 3. The van der Waals surface area contributed by atoms with Crippen LogP contribution < -0.4 is 15.4 Å². The monoisotopic (exact) mass is 990 g/mol. The van der Waals surface area contributed by atoms with E-state index in [2.05, 4.69) is 50.0 Å². The summed E-state index contributed by atoms with van der Waals surface area (Å²) in [4.78, 5) is 46.7. The highest BCUT2D eigenvalue weighted by Gasteiger charge is 2.32. The third-order valence-corrected chi connectivity index (χ3v) is 14.2. The number of unbranched alkanes of at least 4 members (excludes halogenated alkanes) is 8. The van der Waals surface area contributed by atoms with Crippen molar-refractivity contribution in [2.75, 3.05) is 13.2 Å². The molecule has 0 unspecified atom stereocenters. The summed E-state index contributed by atoms with van der Waals surface area (Å²) in [6, 6.07) is 18.0. The third kappa shape index (κ3) is 12.1. The summed E-state index contributed by atoms with van der Waals surface area (Å²) >= 11 is 14.4. The maximum absolute atomic E-state index is 13.5. The van der Waals surface area contributed by atoms with E-state index in [4.69, 9.17) is 32.9 Å². The quantitative estimate of drug-likeness (QED) is 0.0451. The van der Waals surface area contributed by atoms with Crippen molar-refractivity contribution in [3.8, 4) is 21.9 Å². The Morgan fingerprint density at radius 1 is 0.841 bits per heavy atom. The van der Waals surface area contributed by atoms with Gasteiger partial charge < -0.3 is 25.5 Å². The first-order valence-electron chi connectivity index (χ1n) is 23.5. The number of aliphatic imine (C=N–C) groups is 1. The van der Waals surface area contributed by atoms with Gasteiger partial charge in [0, 0.05) is 56.7 Å². The number of nitrogens with zero attached hydrogens (tertiary/aromatic N) is 7. The molecule has 4 aromatic heterocycles. The number of hydrogen-bond donors (Lipinski definition) is 4. The second-order valence-electron chi connectivity index (χ2n) is 17.4. The van der Waals surface area contributed by atoms with Gasteiger partial charge in [-0.3, -0.25) is 23.8 Å². The Morgan fingerprint density at radius 3 is 2.29 bits per heavy atom. The highest BCUT2D eigenvalue weighted by Crippen LogP contribution is 2.40. The molecule has 360 valence electrons. The molecule has 5 heterocycles. The highest BCUT2D eigenvalue weighted by molar-refractivity contribution is 7.15. The maximum Gasteiger partial charge on any atom is 0.337 e. The van der Waals surface area contributed by atoms with Gasteiger partial charge in [-0.1, -0.05) is 97.6 Å². The van der Waals surface area contributed by atoms with E-state index in [0.29, 0.717) is 57.8 Å². The molecule has 4 N–H and O–H groups in total. The third-order valence-electron chi connectivity index (χ3n) is 12.4. The first-order valence-corrected chi connectivity index (χ1v) is 25.1. The predicted molar refractivity (Wildman–Crippen MR) is 270 cm³/mol. The second kappa shape index (κ2) is 22.8. The zero-order chi connectivity index (χ0) is 48.4. The number of aromatic nitrogens is 7. The number of hydrogen-bond acceptors (Lipinski definition) is 10. The van der Waals surface area contributed by atoms with Gasteiger partial charge in [0.2, 0.25) is 11.8 Å². The number of thiophene rings is 1. The summed E-state index contributed by atoms with van der Waals surface area (Å²) in [6.07, 6.45) is 13.8. The fourth-order valence-electron chi connectivity index (χ4n) is 8.61. The van der Waals surface area contributed by atoms with Crippen molar-refractivity contribution >= 4 is 68.9 Å². The summed E-state index contributed by atoms with van der Waals surface area (Å²) in [7, 11) is 0. The average molecular weight is 992 g/mol. The minimum atomic E-state index is -1.00. The Hall–Kier alpha value is -6.36. The number of aromatic carboxylic acids is 1. The number of ether oxygens (including phenoxy) is 1. The second-order valence-corrected chi connectivity index (χ2v) is 19.4. The summed E-state index contributed by atoms with van der Waals surface area (Å²) in [5, 5.41) is 35.7. The van der Waals surface area contributed by atoms with Crippen LogP contribution in [0.25, 0.3) is 27.0 Å². The molecule has 2 amide bonds. The van der Waals surface area contributed by atoms with E-state index in [-0.39, 0.29) is 30.3 Å². The maximum atomic E-state index is 13.5. The van der Waals surface area contributed by atoms with E-state index in [1.54, 1.807) is 23.5 Å². The number of benzene rings is 3. The van der Waals surface area contributed by atoms with Gasteiger partial charge in [-0.2, -0.15) is 0 Å². The SMILES string of the molecule is Cc1sc2c(c1C)C(c1ccc(Cl)cc1)=N[C@@H](CC(=O)NCc1cn(CCCCCCCCCCCC(=O)NCCOc3ccc(-c4cc5c(C(=O)O)c[nH]c5cc4Cl)cc3)nn1)c1nnc(C)n1-2. The van der Waals surface area contributed by atoms with Crippen LogP contribution in [0.4, 0.5) is 0 Å². The Bertz CT molecular complexity index is 2960. The fraction of sp³-hybridized carbons (Fsp3) is 0.373. The molecule has 0 aliphatic carbocycles. The van der Waals surface area contributed by atoms with Crippen molar-refractivity contribution in [3.05, 3.63) is 128 Å². The van der Waals surface area contributed by atoms with Crippen molar-refractivity contribution < 1.29 is 24.2 Å². The normalized spacial score (nSPS) is 13.2. The predicted octanol–water partition coefficient (Wildman–Crippen LogP) is 10.7. The number of rotatable bonds is 23. The van der Waals surface area contributed by atoms with Crippen LogP contribution in [0, 0.1) is 20.8 Å². The van der Waals surface area contributed by atoms with Gasteiger partial charge in [0.05, 0.1) is 42.0 Å². The molecule has 1 aliphatic rings. The van der Waals surface area contributed by atoms with E-state index in [0.717, 1.165) is 95.8 Å². The summed E-state index contributed by atoms with van der Waals surface area (Å²) in [5.74, 6) is 0.904. The number of carboxylic acid groups (broad SMARTS) is 1. The first kappa shape index (κ1) is 49.1. The van der Waals surface area contributed by atoms with Gasteiger partial charge >= 0.3 is 5.97 Å². The molecular weight excluding hydrogens is 936 g/mol. The smallest absolute Gasteiger partial charge is 0.337 e. The van der Waals surface area contributed by atoms with Gasteiger partial charge in [0.25, 0.3) is 0 Å². The zero-order valence-electron chi connectivity index (χ0n) is 39.0. The van der Waals surface area contributed by atoms with Crippen LogP contribution in [-0.2, 0) is 22.7 Å². The van der Waals surface area contributed by atoms with Crippen LogP contribution in [0.3, 0.4) is 0 Å². The van der Waals surface area contributed by atoms with Gasteiger partial charge in [-0.05, 0) is 81.1 Å². The number of carboxylic acids is 1. The number of amides is 2. The molecule has 0 radical (unpaired) electrons. The number of carbonyl (C=O) groups is 3.